The molecule has 0 aliphatic carbocycles. The van der Waals surface area contributed by atoms with Crippen molar-refractivity contribution in [3.63, 3.8) is 0 Å². The summed E-state index contributed by atoms with van der Waals surface area (Å²) in [7, 11) is -3.97. The molecule has 5 nitrogen and oxygen atoms in total. The first kappa shape index (κ1) is 41.3. The van der Waals surface area contributed by atoms with Gasteiger partial charge in [-0.1, -0.05) is 189 Å². The molecule has 0 radical (unpaired) electrons. The highest BCUT2D eigenvalue weighted by Gasteiger charge is 2.52. The summed E-state index contributed by atoms with van der Waals surface area (Å²) < 4.78 is 26.5. The van der Waals surface area contributed by atoms with E-state index in [1.54, 1.807) is 7.11 Å². The van der Waals surface area contributed by atoms with E-state index in [1.165, 1.54) is 20.7 Å². The van der Waals surface area contributed by atoms with Gasteiger partial charge in [0.2, 0.25) is 0 Å². The van der Waals surface area contributed by atoms with Crippen LogP contribution in [0.25, 0.3) is 0 Å². The van der Waals surface area contributed by atoms with Crippen LogP contribution in [0.2, 0.25) is 10.1 Å². The van der Waals surface area contributed by atoms with Crippen LogP contribution in [0.4, 0.5) is 0 Å². The van der Waals surface area contributed by atoms with Gasteiger partial charge >= 0.3 is 0 Å². The third-order valence-electron chi connectivity index (χ3n) is 10.1. The number of carbonyl (C=O) groups excluding carboxylic acids is 1. The molecule has 0 N–H and O–H groups in total. The van der Waals surface area contributed by atoms with Crippen LogP contribution in [0, 0.1) is 11.8 Å². The van der Waals surface area contributed by atoms with E-state index in [0.717, 1.165) is 6.29 Å². The Kier molecular flexibility index (Phi) is 14.7. The van der Waals surface area contributed by atoms with Crippen LogP contribution >= 0.6 is 0 Å². The predicted octanol–water partition coefficient (Wildman–Crippen LogP) is 7.91. The van der Waals surface area contributed by atoms with Crippen molar-refractivity contribution < 1.29 is 23.1 Å². The largest absolute Gasteiger partial charge is 0.407 e. The molecule has 4 aromatic carbocycles. The van der Waals surface area contributed by atoms with E-state index in [1.807, 2.05) is 12.1 Å². The fourth-order valence-corrected chi connectivity index (χ4v) is 17.0. The molecule has 4 atom stereocenters. The lowest BCUT2D eigenvalue weighted by atomic mass is 9.93. The van der Waals surface area contributed by atoms with Crippen LogP contribution in [0.5, 0.6) is 0 Å². The normalized spacial score (nSPS) is 15.2. The molecule has 0 amide bonds. The Morgan fingerprint density at radius 2 is 1.02 bits per heavy atom. The Morgan fingerprint density at radius 3 is 1.38 bits per heavy atom. The topological polar surface area (TPSA) is 54.0 Å². The molecule has 0 aliphatic rings. The lowest BCUT2D eigenvalue weighted by Crippen LogP contribution is -2.67. The molecular weight excluding hydrogens is 677 g/mol. The van der Waals surface area contributed by atoms with Crippen LogP contribution in [-0.2, 0) is 23.1 Å². The van der Waals surface area contributed by atoms with Crippen molar-refractivity contribution in [1.29, 1.82) is 0 Å². The van der Waals surface area contributed by atoms with Gasteiger partial charge in [-0.05, 0) is 30.8 Å². The van der Waals surface area contributed by atoms with Crippen LogP contribution in [-0.4, -0.2) is 55.6 Å². The zero-order chi connectivity index (χ0) is 37.8. The monoisotopic (exact) mass is 736 g/mol. The van der Waals surface area contributed by atoms with Gasteiger partial charge in [0.1, 0.15) is 13.1 Å². The summed E-state index contributed by atoms with van der Waals surface area (Å²) in [6.07, 6.45) is 4.83. The predicted molar refractivity (Wildman–Crippen MR) is 221 cm³/mol. The van der Waals surface area contributed by atoms with E-state index in [0.29, 0.717) is 6.61 Å². The molecule has 7 heteroatoms. The van der Waals surface area contributed by atoms with E-state index < -0.39 is 22.7 Å². The minimum absolute atomic E-state index is 0.0233. The highest BCUT2D eigenvalue weighted by Crippen LogP contribution is 2.39. The smallest absolute Gasteiger partial charge is 0.261 e. The summed E-state index contributed by atoms with van der Waals surface area (Å²) >= 11 is 0. The zero-order valence-corrected chi connectivity index (χ0v) is 34.8. The molecule has 0 heterocycles. The second-order valence-corrected chi connectivity index (χ2v) is 24.5. The molecule has 0 spiro atoms. The first-order valence-electron chi connectivity index (χ1n) is 18.6. The van der Waals surface area contributed by atoms with Gasteiger partial charge in [-0.2, -0.15) is 0 Å². The van der Waals surface area contributed by atoms with Crippen molar-refractivity contribution in [3.8, 4) is 0 Å². The maximum atomic E-state index is 12.2. The first-order valence-corrected chi connectivity index (χ1v) is 22.4. The number of benzene rings is 4. The maximum Gasteiger partial charge on any atom is 0.261 e. The molecule has 0 unspecified atom stereocenters. The Bertz CT molecular complexity index is 1570. The molecule has 4 aromatic rings. The summed E-state index contributed by atoms with van der Waals surface area (Å²) in [6.45, 7) is 18.7. The molecule has 0 aliphatic heterocycles. The third-order valence-corrected chi connectivity index (χ3v) is 20.2. The van der Waals surface area contributed by atoms with E-state index in [9.17, 15) is 4.79 Å². The maximum absolute atomic E-state index is 12.2. The van der Waals surface area contributed by atoms with E-state index >= 15 is 0 Å². The molecule has 0 saturated carbocycles. The lowest BCUT2D eigenvalue weighted by Gasteiger charge is -2.44. The van der Waals surface area contributed by atoms with Gasteiger partial charge in [0, 0.05) is 32.0 Å². The van der Waals surface area contributed by atoms with Gasteiger partial charge in [0.25, 0.3) is 16.6 Å². The van der Waals surface area contributed by atoms with Crippen LogP contribution in [0.3, 0.4) is 0 Å². The average molecular weight is 737 g/mol. The van der Waals surface area contributed by atoms with Crippen LogP contribution in [0.15, 0.2) is 133 Å². The molecule has 0 fully saturated rings. The number of carbonyl (C=O) groups is 1. The van der Waals surface area contributed by atoms with Crippen molar-refractivity contribution in [2.75, 3.05) is 20.5 Å². The van der Waals surface area contributed by atoms with Crippen molar-refractivity contribution in [2.24, 2.45) is 11.8 Å². The minimum Gasteiger partial charge on any atom is -0.407 e. The molecule has 0 bridgehead atoms. The van der Waals surface area contributed by atoms with Crippen LogP contribution < -0.4 is 20.7 Å². The fourth-order valence-electron chi connectivity index (χ4n) is 7.68. The Balaban J connectivity index is 1.67. The van der Waals surface area contributed by atoms with Crippen molar-refractivity contribution in [1.82, 2.24) is 0 Å². The Labute approximate surface area is 315 Å². The highest BCUT2D eigenvalue weighted by molar-refractivity contribution is 7.00. The number of aldehydes is 1. The van der Waals surface area contributed by atoms with E-state index in [-0.39, 0.29) is 41.2 Å². The molecule has 52 heavy (non-hydrogen) atoms. The molecule has 278 valence electrons. The van der Waals surface area contributed by atoms with Crippen molar-refractivity contribution in [2.45, 2.75) is 84.1 Å². The van der Waals surface area contributed by atoms with Gasteiger partial charge in [-0.15, -0.1) is 0 Å². The average Bonchev–Trinajstić information content (AvgIpc) is 3.13. The van der Waals surface area contributed by atoms with Gasteiger partial charge in [-0.25, -0.2) is 0 Å². The SMILES string of the molecule is COCO[C@@H]([C@@H](C)/C=C\[C@H](CC=O)O[Si](c1ccccc1)(c1ccccc1)C(C)(C)C)[C@@H](C)CO[Si](c1ccccc1)(c1ccccc1)C(C)(C)C. The second kappa shape index (κ2) is 18.5. The summed E-state index contributed by atoms with van der Waals surface area (Å²) in [5.41, 5.74) is 0. The summed E-state index contributed by atoms with van der Waals surface area (Å²) in [4.78, 5) is 12.2. The van der Waals surface area contributed by atoms with Crippen molar-refractivity contribution in [3.05, 3.63) is 133 Å². The molecule has 4 rings (SSSR count). The standard InChI is InChI=1S/C45H60O5Si2/c1-36(30-31-38(32-33-46)50-52(45(6,7)8,41-26-18-12-19-27-41)42-28-20-13-21-29-42)43(48-35-47-9)37(2)34-49-51(44(3,4)5,39-22-14-10-15-23-39)40-24-16-11-17-25-40/h10-31,33,36-38,43H,32,34-35H2,1-9H3/b31-30-/t36-,37-,38+,43-/m0/s1. The Morgan fingerprint density at radius 1 is 0.615 bits per heavy atom. The fraction of sp³-hybridized carbons (Fsp3) is 0.400. The van der Waals surface area contributed by atoms with Crippen LogP contribution in [0.1, 0.15) is 61.8 Å². The number of hydrogen-bond acceptors (Lipinski definition) is 5. The van der Waals surface area contributed by atoms with Gasteiger partial charge in [-0.3, -0.25) is 0 Å². The zero-order valence-electron chi connectivity index (χ0n) is 32.8. The van der Waals surface area contributed by atoms with Gasteiger partial charge < -0.3 is 23.1 Å². The van der Waals surface area contributed by atoms with E-state index in [2.05, 4.69) is 177 Å². The third kappa shape index (κ3) is 9.37. The Hall–Kier alpha value is -3.44. The summed E-state index contributed by atoms with van der Waals surface area (Å²) in [5, 5.41) is 4.51. The quantitative estimate of drug-likeness (QED) is 0.0450. The van der Waals surface area contributed by atoms with Crippen molar-refractivity contribution >= 4 is 43.7 Å². The second-order valence-electron chi connectivity index (χ2n) is 16.0. The minimum atomic E-state index is -2.88. The lowest BCUT2D eigenvalue weighted by molar-refractivity contribution is -0.108. The highest BCUT2D eigenvalue weighted by atomic mass is 28.4. The first-order chi connectivity index (χ1) is 24.8. The number of ether oxygens (including phenoxy) is 2. The summed E-state index contributed by atoms with van der Waals surface area (Å²) in [5.74, 6) is 0.00313. The molecule has 0 saturated heterocycles. The van der Waals surface area contributed by atoms with Gasteiger partial charge in [0.05, 0.1) is 12.2 Å². The molecular formula is C45H60O5Si2. The van der Waals surface area contributed by atoms with Gasteiger partial charge in [0.15, 0.2) is 0 Å². The number of methoxy groups -OCH3 is 1. The molecule has 0 aromatic heterocycles. The summed E-state index contributed by atoms with van der Waals surface area (Å²) in [6, 6.07) is 42.6. The number of rotatable bonds is 18. The number of hydrogen-bond donors (Lipinski definition) is 0. The van der Waals surface area contributed by atoms with E-state index in [4.69, 9.17) is 18.3 Å².